The van der Waals surface area contributed by atoms with Gasteiger partial charge in [0.1, 0.15) is 18.1 Å². The Labute approximate surface area is 320 Å². The van der Waals surface area contributed by atoms with Crippen molar-refractivity contribution in [3.05, 3.63) is 58.9 Å². The van der Waals surface area contributed by atoms with Crippen molar-refractivity contribution in [2.24, 2.45) is 11.1 Å². The molecule has 1 fully saturated rings. The Balaban J connectivity index is 1.67. The third-order valence-corrected chi connectivity index (χ3v) is 10.4. The van der Waals surface area contributed by atoms with Gasteiger partial charge in [0.15, 0.2) is 0 Å². The summed E-state index contributed by atoms with van der Waals surface area (Å²) >= 11 is 5.54. The molecule has 302 valence electrons. The van der Waals surface area contributed by atoms with Gasteiger partial charge in [-0.25, -0.2) is 8.42 Å². The van der Waals surface area contributed by atoms with E-state index in [-0.39, 0.29) is 18.9 Å². The van der Waals surface area contributed by atoms with Gasteiger partial charge in [0.2, 0.25) is 39.6 Å². The molecule has 4 unspecified atom stereocenters. The minimum absolute atomic E-state index is 0.0366. The maximum Gasteiger partial charge on any atom is 0.417 e. The van der Waals surface area contributed by atoms with Gasteiger partial charge in [-0.05, 0) is 60.6 Å². The number of primary amides is 1. The van der Waals surface area contributed by atoms with Gasteiger partial charge in [-0.15, -0.1) is 0 Å². The van der Waals surface area contributed by atoms with Gasteiger partial charge in [0.25, 0.3) is 0 Å². The molecule has 4 atom stereocenters. The van der Waals surface area contributed by atoms with Gasteiger partial charge in [-0.2, -0.15) is 17.9 Å². The summed E-state index contributed by atoms with van der Waals surface area (Å²) < 4.78 is 67.0. The highest BCUT2D eigenvalue weighted by atomic mass is 35.5. The van der Waals surface area contributed by atoms with Gasteiger partial charge >= 0.3 is 12.1 Å². The average molecular weight is 818 g/mol. The van der Waals surface area contributed by atoms with Crippen LogP contribution in [0.25, 0.3) is 0 Å². The number of pyridine rings is 1. The summed E-state index contributed by atoms with van der Waals surface area (Å²) in [6, 6.07) is 0.187. The normalized spacial score (nSPS) is 16.4. The van der Waals surface area contributed by atoms with Crippen LogP contribution in [0, 0.1) is 5.41 Å². The van der Waals surface area contributed by atoms with Crippen LogP contribution in [-0.4, -0.2) is 96.2 Å². The predicted molar refractivity (Wildman–Crippen MR) is 190 cm³/mol. The zero-order chi connectivity index (χ0) is 41.3. The largest absolute Gasteiger partial charge is 0.480 e. The van der Waals surface area contributed by atoms with Crippen LogP contribution in [-0.2, 0) is 51.4 Å². The number of rotatable bonds is 17. The SMILES string of the molecule is CC(C)(C)C(NC(=O)C(Cc1ccncc1)NC(=O)CNC(=O)CCC(NS(=O)(=O)c1ccc(Cl)c(C(F)(F)F)c1)C(=O)O)C(=O)N1CCCC1CC(N)=O. The molecule has 21 heteroatoms. The van der Waals surface area contributed by atoms with Crippen LogP contribution in [0.4, 0.5) is 13.2 Å². The molecule has 2 heterocycles. The lowest BCUT2D eigenvalue weighted by molar-refractivity contribution is -0.141. The second kappa shape index (κ2) is 18.7. The topological polar surface area (TPSA) is 247 Å². The first-order valence-electron chi connectivity index (χ1n) is 17.0. The number of nitrogens with zero attached hydrogens (tertiary/aromatic N) is 2. The molecule has 5 amide bonds. The molecule has 1 aromatic carbocycles. The minimum atomic E-state index is -5.00. The number of amides is 5. The molecular formula is C34H43ClF3N7O9S. The van der Waals surface area contributed by atoms with E-state index in [2.05, 4.69) is 20.9 Å². The van der Waals surface area contributed by atoms with Crippen LogP contribution in [0.15, 0.2) is 47.6 Å². The molecule has 1 saturated heterocycles. The Morgan fingerprint density at radius 1 is 1.02 bits per heavy atom. The van der Waals surface area contributed by atoms with Gasteiger partial charge in [-0.3, -0.25) is 33.8 Å². The number of sulfonamides is 1. The van der Waals surface area contributed by atoms with E-state index in [1.54, 1.807) is 37.6 Å². The van der Waals surface area contributed by atoms with Crippen LogP contribution in [0.2, 0.25) is 5.02 Å². The first-order chi connectivity index (χ1) is 25.5. The summed E-state index contributed by atoms with van der Waals surface area (Å²) in [5.74, 6) is -5.19. The van der Waals surface area contributed by atoms with Crippen molar-refractivity contribution in [2.75, 3.05) is 13.1 Å². The third kappa shape index (κ3) is 13.2. The van der Waals surface area contributed by atoms with Gasteiger partial charge in [-0.1, -0.05) is 32.4 Å². The lowest BCUT2D eigenvalue weighted by atomic mass is 9.85. The van der Waals surface area contributed by atoms with Gasteiger partial charge in [0.05, 0.1) is 22.0 Å². The zero-order valence-electron chi connectivity index (χ0n) is 30.1. The van der Waals surface area contributed by atoms with Crippen LogP contribution in [0.3, 0.4) is 0 Å². The second-order valence-electron chi connectivity index (χ2n) is 14.0. The lowest BCUT2D eigenvalue weighted by Crippen LogP contribution is -2.60. The number of nitrogens with one attached hydrogen (secondary N) is 4. The fourth-order valence-electron chi connectivity index (χ4n) is 5.76. The summed E-state index contributed by atoms with van der Waals surface area (Å²) in [6.07, 6.45) is -2.23. The number of aromatic nitrogens is 1. The Bertz CT molecular complexity index is 1860. The number of alkyl halides is 3. The van der Waals surface area contributed by atoms with E-state index in [1.165, 1.54) is 17.3 Å². The molecule has 3 rings (SSSR count). The molecule has 16 nitrogen and oxygen atoms in total. The summed E-state index contributed by atoms with van der Waals surface area (Å²) in [5, 5.41) is 16.3. The number of aliphatic carboxylic acids is 1. The first kappa shape index (κ1) is 44.6. The Morgan fingerprint density at radius 3 is 2.25 bits per heavy atom. The smallest absolute Gasteiger partial charge is 0.417 e. The van der Waals surface area contributed by atoms with Crippen molar-refractivity contribution in [2.45, 2.75) is 94.5 Å². The number of carboxylic acid groups (broad SMARTS) is 1. The quantitative estimate of drug-likeness (QED) is 0.134. The molecule has 0 radical (unpaired) electrons. The summed E-state index contributed by atoms with van der Waals surface area (Å²) in [7, 11) is -4.83. The molecule has 1 aliphatic rings. The molecule has 0 spiro atoms. The molecule has 7 N–H and O–H groups in total. The second-order valence-corrected chi connectivity index (χ2v) is 16.1. The summed E-state index contributed by atoms with van der Waals surface area (Å²) in [5.41, 5.74) is 3.71. The molecule has 1 aromatic heterocycles. The number of benzene rings is 1. The molecule has 0 aliphatic carbocycles. The summed E-state index contributed by atoms with van der Waals surface area (Å²) in [4.78, 5) is 81.1. The van der Waals surface area contributed by atoms with Crippen LogP contribution in [0.1, 0.15) is 64.0 Å². The molecule has 0 saturated carbocycles. The lowest BCUT2D eigenvalue weighted by Gasteiger charge is -2.36. The van der Waals surface area contributed by atoms with Crippen LogP contribution < -0.4 is 26.4 Å². The number of carbonyl (C=O) groups excluding carboxylic acids is 5. The monoisotopic (exact) mass is 817 g/mol. The first-order valence-corrected chi connectivity index (χ1v) is 18.8. The highest BCUT2D eigenvalue weighted by molar-refractivity contribution is 7.89. The van der Waals surface area contributed by atoms with Crippen molar-refractivity contribution in [3.63, 3.8) is 0 Å². The maximum atomic E-state index is 13.8. The number of carboxylic acids is 1. The fourth-order valence-corrected chi connectivity index (χ4v) is 7.23. The average Bonchev–Trinajstić information content (AvgIpc) is 3.54. The predicted octanol–water partition coefficient (Wildman–Crippen LogP) is 1.51. The Kier molecular flexibility index (Phi) is 15.1. The fraction of sp³-hybridized carbons (Fsp3) is 0.500. The molecule has 55 heavy (non-hydrogen) atoms. The number of hydrogen-bond acceptors (Lipinski definition) is 9. The van der Waals surface area contributed by atoms with E-state index in [4.69, 9.17) is 17.3 Å². The van der Waals surface area contributed by atoms with E-state index in [0.717, 1.165) is 6.07 Å². The molecule has 1 aliphatic heterocycles. The van der Waals surface area contributed by atoms with E-state index in [9.17, 15) is 55.5 Å². The van der Waals surface area contributed by atoms with Crippen molar-refractivity contribution < 1.29 is 55.5 Å². The van der Waals surface area contributed by atoms with E-state index in [1.807, 2.05) is 0 Å². The minimum Gasteiger partial charge on any atom is -0.480 e. The third-order valence-electron chi connectivity index (χ3n) is 8.59. The summed E-state index contributed by atoms with van der Waals surface area (Å²) in [6.45, 7) is 4.88. The molecule has 2 aromatic rings. The number of carbonyl (C=O) groups is 6. The highest BCUT2D eigenvalue weighted by Gasteiger charge is 2.41. The number of halogens is 4. The maximum absolute atomic E-state index is 13.8. The number of hydrogen-bond donors (Lipinski definition) is 6. The molecule has 0 bridgehead atoms. The number of nitrogens with two attached hydrogens (primary N) is 1. The van der Waals surface area contributed by atoms with Crippen molar-refractivity contribution in [1.29, 1.82) is 0 Å². The standard InChI is InChI=1S/C34H43ClF3N7O9S/c1-33(2,3)29(31(50)45-14-4-5-20(45)16-26(39)46)43-30(49)25(15-19-10-12-40-13-11-19)42-28(48)18-41-27(47)9-8-24(32(51)52)44-55(53,54)21-6-7-23(35)22(17-21)34(36,37)38/h6-7,10-13,17,20,24-25,29,44H,4-5,8-9,14-16,18H2,1-3H3,(H2,39,46)(H,41,47)(H,42,48)(H,43,49)(H,51,52). The van der Waals surface area contributed by atoms with E-state index < -0.39 is 116 Å². The number of likely N-dealkylation sites (tertiary alicyclic amines) is 1. The van der Waals surface area contributed by atoms with Crippen molar-refractivity contribution in [3.8, 4) is 0 Å². The van der Waals surface area contributed by atoms with E-state index in [0.29, 0.717) is 31.0 Å². The van der Waals surface area contributed by atoms with Gasteiger partial charge in [0, 0.05) is 44.2 Å². The zero-order valence-corrected chi connectivity index (χ0v) is 31.7. The van der Waals surface area contributed by atoms with Crippen LogP contribution >= 0.6 is 11.6 Å². The van der Waals surface area contributed by atoms with E-state index >= 15 is 0 Å². The van der Waals surface area contributed by atoms with Gasteiger partial charge < -0.3 is 31.7 Å². The highest BCUT2D eigenvalue weighted by Crippen LogP contribution is 2.36. The van der Waals surface area contributed by atoms with Crippen molar-refractivity contribution >= 4 is 57.1 Å². The van der Waals surface area contributed by atoms with Crippen LogP contribution in [0.5, 0.6) is 0 Å². The molecular weight excluding hydrogens is 775 g/mol. The van der Waals surface area contributed by atoms with Crippen molar-refractivity contribution in [1.82, 2.24) is 30.6 Å². The Hall–Kier alpha value is -4.82. The Morgan fingerprint density at radius 2 is 1.67 bits per heavy atom.